The number of carbonyl (C=O) groups excluding carboxylic acids is 2. The molecular weight excluding hydrogens is 257 g/mol. The van der Waals surface area contributed by atoms with E-state index in [2.05, 4.69) is 4.74 Å². The number of ether oxygens (including phenoxy) is 1. The van der Waals surface area contributed by atoms with Crippen LogP contribution in [-0.2, 0) is 9.53 Å². The highest BCUT2D eigenvalue weighted by Crippen LogP contribution is 2.31. The van der Waals surface area contributed by atoms with E-state index in [1.165, 1.54) is 24.3 Å². The number of esters is 1. The highest BCUT2D eigenvalue weighted by Gasteiger charge is 2.39. The van der Waals surface area contributed by atoms with Crippen LogP contribution in [-0.4, -0.2) is 24.4 Å². The normalized spacial score (nSPS) is 11.1. The highest BCUT2D eigenvalue weighted by molar-refractivity contribution is 8.13. The molecule has 0 aromatic heterocycles. The molecule has 92 valence electrons. The standard InChI is InChI=1S/C10H7F3O3S/c1-16-8(14)6-4-2-3-5-7(6)17-9(15)10(11,12)13/h2-5H,1H3. The summed E-state index contributed by atoms with van der Waals surface area (Å²) in [5, 5.41) is -1.98. The van der Waals surface area contributed by atoms with Gasteiger partial charge in [0.05, 0.1) is 12.7 Å². The summed E-state index contributed by atoms with van der Waals surface area (Å²) in [6, 6.07) is 5.44. The summed E-state index contributed by atoms with van der Waals surface area (Å²) in [6.45, 7) is 0. The van der Waals surface area contributed by atoms with Gasteiger partial charge in [-0.15, -0.1) is 0 Å². The third-order valence-electron chi connectivity index (χ3n) is 1.73. The number of carbonyl (C=O) groups is 2. The minimum absolute atomic E-state index is 0.0439. The van der Waals surface area contributed by atoms with Crippen LogP contribution in [0.1, 0.15) is 10.4 Å². The molecule has 0 saturated heterocycles. The van der Waals surface area contributed by atoms with E-state index >= 15 is 0 Å². The third-order valence-corrected chi connectivity index (χ3v) is 2.72. The van der Waals surface area contributed by atoms with E-state index < -0.39 is 17.3 Å². The maximum Gasteiger partial charge on any atom is 0.461 e. The van der Waals surface area contributed by atoms with Crippen LogP contribution in [0.5, 0.6) is 0 Å². The largest absolute Gasteiger partial charge is 0.465 e. The van der Waals surface area contributed by atoms with Crippen molar-refractivity contribution in [3.63, 3.8) is 0 Å². The Morgan fingerprint density at radius 2 is 1.82 bits per heavy atom. The van der Waals surface area contributed by atoms with Gasteiger partial charge in [0.15, 0.2) is 0 Å². The molecule has 0 aliphatic heterocycles. The van der Waals surface area contributed by atoms with Crippen LogP contribution < -0.4 is 0 Å². The van der Waals surface area contributed by atoms with Crippen molar-refractivity contribution < 1.29 is 27.5 Å². The average molecular weight is 264 g/mol. The maximum absolute atomic E-state index is 12.1. The van der Waals surface area contributed by atoms with Crippen molar-refractivity contribution in [2.45, 2.75) is 11.1 Å². The van der Waals surface area contributed by atoms with Gasteiger partial charge in [-0.3, -0.25) is 4.79 Å². The Bertz CT molecular complexity index is 443. The Morgan fingerprint density at radius 1 is 1.24 bits per heavy atom. The SMILES string of the molecule is COC(=O)c1ccccc1SC(=O)C(F)(F)F. The van der Waals surface area contributed by atoms with Crippen LogP contribution in [0.15, 0.2) is 29.2 Å². The molecule has 3 nitrogen and oxygen atoms in total. The number of alkyl halides is 3. The molecule has 0 aliphatic rings. The minimum atomic E-state index is -4.94. The highest BCUT2D eigenvalue weighted by atomic mass is 32.2. The minimum Gasteiger partial charge on any atom is -0.465 e. The van der Waals surface area contributed by atoms with Gasteiger partial charge in [-0.1, -0.05) is 12.1 Å². The molecule has 0 spiro atoms. The zero-order valence-electron chi connectivity index (χ0n) is 8.58. The molecule has 0 unspecified atom stereocenters. The van der Waals surface area contributed by atoms with Gasteiger partial charge in [0.2, 0.25) is 0 Å². The number of thioether (sulfide) groups is 1. The molecule has 1 aromatic carbocycles. The zero-order valence-corrected chi connectivity index (χ0v) is 9.39. The van der Waals surface area contributed by atoms with Gasteiger partial charge >= 0.3 is 12.1 Å². The predicted octanol–water partition coefficient (Wildman–Crippen LogP) is 2.65. The van der Waals surface area contributed by atoms with Gasteiger partial charge < -0.3 is 4.74 Å². The number of benzene rings is 1. The van der Waals surface area contributed by atoms with E-state index in [1.54, 1.807) is 0 Å². The zero-order chi connectivity index (χ0) is 13.1. The summed E-state index contributed by atoms with van der Waals surface area (Å²) in [4.78, 5) is 21.9. The fourth-order valence-electron chi connectivity index (χ4n) is 0.992. The summed E-state index contributed by atoms with van der Waals surface area (Å²) in [5.74, 6) is -0.789. The van der Waals surface area contributed by atoms with E-state index in [-0.39, 0.29) is 22.2 Å². The van der Waals surface area contributed by atoms with Crippen molar-refractivity contribution >= 4 is 22.8 Å². The molecule has 0 fully saturated rings. The molecule has 0 amide bonds. The average Bonchev–Trinajstić information content (AvgIpc) is 2.27. The number of methoxy groups -OCH3 is 1. The first-order valence-corrected chi connectivity index (χ1v) is 5.14. The van der Waals surface area contributed by atoms with Crippen molar-refractivity contribution in [3.05, 3.63) is 29.8 Å². The lowest BCUT2D eigenvalue weighted by molar-refractivity contribution is -0.160. The van der Waals surface area contributed by atoms with E-state index in [9.17, 15) is 22.8 Å². The molecule has 0 aliphatic carbocycles. The van der Waals surface area contributed by atoms with Crippen molar-refractivity contribution in [1.82, 2.24) is 0 Å². The number of rotatable bonds is 2. The Hall–Kier alpha value is -1.50. The smallest absolute Gasteiger partial charge is 0.461 e. The topological polar surface area (TPSA) is 43.4 Å². The van der Waals surface area contributed by atoms with Crippen LogP contribution in [0.4, 0.5) is 13.2 Å². The lowest BCUT2D eigenvalue weighted by Gasteiger charge is -2.07. The second-order valence-electron chi connectivity index (χ2n) is 2.88. The molecule has 0 saturated carbocycles. The van der Waals surface area contributed by atoms with Crippen LogP contribution in [0.3, 0.4) is 0 Å². The Balaban J connectivity index is 2.99. The fourth-order valence-corrected chi connectivity index (χ4v) is 1.72. The molecule has 1 aromatic rings. The lowest BCUT2D eigenvalue weighted by atomic mass is 10.2. The summed E-state index contributed by atoms with van der Waals surface area (Å²) in [6.07, 6.45) is -4.94. The summed E-state index contributed by atoms with van der Waals surface area (Å²) in [5.41, 5.74) is -0.0717. The molecule has 17 heavy (non-hydrogen) atoms. The second-order valence-corrected chi connectivity index (χ2v) is 3.89. The lowest BCUT2D eigenvalue weighted by Crippen LogP contribution is -2.19. The Labute approximate surface area is 98.9 Å². The molecule has 1 rings (SSSR count). The Morgan fingerprint density at radius 3 is 2.35 bits per heavy atom. The first-order chi connectivity index (χ1) is 7.86. The fraction of sp³-hybridized carbons (Fsp3) is 0.200. The van der Waals surface area contributed by atoms with Crippen molar-refractivity contribution in [2.75, 3.05) is 7.11 Å². The van der Waals surface area contributed by atoms with E-state index in [1.807, 2.05) is 0 Å². The van der Waals surface area contributed by atoms with Crippen molar-refractivity contribution in [3.8, 4) is 0 Å². The van der Waals surface area contributed by atoms with Crippen LogP contribution in [0.2, 0.25) is 0 Å². The maximum atomic E-state index is 12.1. The first-order valence-electron chi connectivity index (χ1n) is 4.32. The van der Waals surface area contributed by atoms with Crippen molar-refractivity contribution in [2.24, 2.45) is 0 Å². The second kappa shape index (κ2) is 5.22. The molecule has 0 heterocycles. The van der Waals surface area contributed by atoms with E-state index in [0.717, 1.165) is 7.11 Å². The van der Waals surface area contributed by atoms with Crippen LogP contribution in [0.25, 0.3) is 0 Å². The van der Waals surface area contributed by atoms with Gasteiger partial charge in [0.25, 0.3) is 5.12 Å². The number of hydrogen-bond donors (Lipinski definition) is 0. The molecule has 0 radical (unpaired) electrons. The van der Waals surface area contributed by atoms with Gasteiger partial charge in [-0.2, -0.15) is 13.2 Å². The van der Waals surface area contributed by atoms with Gasteiger partial charge in [-0.25, -0.2) is 4.79 Å². The molecule has 0 bridgehead atoms. The molecule has 7 heteroatoms. The van der Waals surface area contributed by atoms with Crippen molar-refractivity contribution in [1.29, 1.82) is 0 Å². The third kappa shape index (κ3) is 3.48. The summed E-state index contributed by atoms with van der Waals surface area (Å²) in [7, 11) is 1.11. The number of hydrogen-bond acceptors (Lipinski definition) is 4. The van der Waals surface area contributed by atoms with Gasteiger partial charge in [-0.05, 0) is 23.9 Å². The first kappa shape index (κ1) is 13.6. The van der Waals surface area contributed by atoms with Gasteiger partial charge in [0.1, 0.15) is 0 Å². The van der Waals surface area contributed by atoms with E-state index in [0.29, 0.717) is 0 Å². The van der Waals surface area contributed by atoms with Gasteiger partial charge in [0, 0.05) is 4.90 Å². The number of halogens is 3. The van der Waals surface area contributed by atoms with Crippen LogP contribution >= 0.6 is 11.8 Å². The quantitative estimate of drug-likeness (QED) is 0.608. The Kier molecular flexibility index (Phi) is 4.17. The van der Waals surface area contributed by atoms with E-state index in [4.69, 9.17) is 0 Å². The van der Waals surface area contributed by atoms with Crippen LogP contribution in [0, 0.1) is 0 Å². The predicted molar refractivity (Wildman–Crippen MR) is 54.7 cm³/mol. The monoisotopic (exact) mass is 264 g/mol. The summed E-state index contributed by atoms with van der Waals surface area (Å²) >= 11 is -0.0439. The molecular formula is C10H7F3O3S. The molecule has 0 atom stereocenters. The summed E-state index contributed by atoms with van der Waals surface area (Å²) < 4.78 is 40.6. The molecule has 0 N–H and O–H groups in total.